The number of likely N-dealkylation sites (tertiary alicyclic amines) is 1. The fourth-order valence-electron chi connectivity index (χ4n) is 3.74. The first-order valence-electron chi connectivity index (χ1n) is 10.8. The zero-order chi connectivity index (χ0) is 24.1. The Hall–Kier alpha value is -3.47. The number of carbonyl (C=O) groups excluding carboxylic acids is 1. The van der Waals surface area contributed by atoms with Gasteiger partial charge in [0.15, 0.2) is 0 Å². The van der Waals surface area contributed by atoms with Crippen LogP contribution in [0.3, 0.4) is 0 Å². The molecule has 0 atom stereocenters. The molecule has 11 heteroatoms. The van der Waals surface area contributed by atoms with Crippen LogP contribution in [-0.2, 0) is 12.7 Å². The number of amides is 2. The quantitative estimate of drug-likeness (QED) is 0.499. The number of anilines is 1. The molecule has 0 bridgehead atoms. The maximum Gasteiger partial charge on any atom is 0.470 e. The molecule has 2 amide bonds. The Morgan fingerprint density at radius 1 is 1.09 bits per heavy atom. The van der Waals surface area contributed by atoms with E-state index in [9.17, 15) is 22.4 Å². The summed E-state index contributed by atoms with van der Waals surface area (Å²) in [4.78, 5) is 16.6. The number of rotatable bonds is 7. The molecule has 1 saturated heterocycles. The zero-order valence-electron chi connectivity index (χ0n) is 18.2. The average Bonchev–Trinajstić information content (AvgIpc) is 3.51. The lowest BCUT2D eigenvalue weighted by Gasteiger charge is -2.24. The van der Waals surface area contributed by atoms with E-state index in [1.807, 2.05) is 6.07 Å². The highest BCUT2D eigenvalue weighted by Crippen LogP contribution is 2.31. The number of para-hydroxylation sites is 1. The summed E-state index contributed by atoms with van der Waals surface area (Å²) in [5.74, 6) is -2.67. The molecule has 2 heterocycles. The molecule has 1 aliphatic heterocycles. The second-order valence-corrected chi connectivity index (χ2v) is 7.92. The topological polar surface area (TPSA) is 74.5 Å². The van der Waals surface area contributed by atoms with Gasteiger partial charge in [-0.25, -0.2) is 9.18 Å². The van der Waals surface area contributed by atoms with Crippen LogP contribution in [-0.4, -0.2) is 47.3 Å². The first kappa shape index (κ1) is 23.7. The number of benzene rings is 2. The molecule has 0 spiro atoms. The molecule has 1 aromatic heterocycles. The van der Waals surface area contributed by atoms with Crippen LogP contribution in [0.5, 0.6) is 0 Å². The van der Waals surface area contributed by atoms with Gasteiger partial charge in [0, 0.05) is 29.9 Å². The van der Waals surface area contributed by atoms with Crippen LogP contribution in [0, 0.1) is 5.82 Å². The number of urea groups is 1. The summed E-state index contributed by atoms with van der Waals surface area (Å²) in [7, 11) is 0. The second kappa shape index (κ2) is 10.2. The summed E-state index contributed by atoms with van der Waals surface area (Å²) in [6.07, 6.45) is -2.48. The summed E-state index contributed by atoms with van der Waals surface area (Å²) in [6, 6.07) is 12.2. The van der Waals surface area contributed by atoms with Gasteiger partial charge in [-0.3, -0.25) is 4.90 Å². The highest BCUT2D eigenvalue weighted by Gasteiger charge is 2.38. The van der Waals surface area contributed by atoms with E-state index in [1.54, 1.807) is 24.3 Å². The monoisotopic (exact) mass is 477 g/mol. The van der Waals surface area contributed by atoms with Crippen molar-refractivity contribution in [1.29, 1.82) is 0 Å². The third-order valence-electron chi connectivity index (χ3n) is 5.51. The normalized spacial score (nSPS) is 14.4. The Bertz CT molecular complexity index is 1110. The van der Waals surface area contributed by atoms with Crippen LogP contribution in [0.25, 0.3) is 11.5 Å². The van der Waals surface area contributed by atoms with Gasteiger partial charge in [0.05, 0.1) is 6.54 Å². The van der Waals surface area contributed by atoms with E-state index >= 15 is 0 Å². The van der Waals surface area contributed by atoms with Gasteiger partial charge in [-0.05, 0) is 50.2 Å². The number of nitrogens with one attached hydrogen (secondary N) is 1. The van der Waals surface area contributed by atoms with Gasteiger partial charge in [0.25, 0.3) is 0 Å². The van der Waals surface area contributed by atoms with Crippen molar-refractivity contribution < 1.29 is 26.8 Å². The van der Waals surface area contributed by atoms with Crippen LogP contribution < -0.4 is 10.2 Å². The van der Waals surface area contributed by atoms with Crippen molar-refractivity contribution in [2.24, 2.45) is 0 Å². The van der Waals surface area contributed by atoms with E-state index in [0.29, 0.717) is 12.2 Å². The lowest BCUT2D eigenvalue weighted by atomic mass is 10.1. The van der Waals surface area contributed by atoms with Crippen LogP contribution >= 0.6 is 0 Å². The standard InChI is InChI=1S/C23H23F4N5O2/c24-19-14-16(20-29-30-21(34-20)23(25,26)27)8-9-17(19)15-32(18-6-2-1-3-7-18)22(33)28-10-13-31-11-4-5-12-31/h1-3,6-9,14H,4-5,10-13,15H2,(H,28,33). The molecule has 0 radical (unpaired) electrons. The molecule has 7 nitrogen and oxygen atoms in total. The minimum Gasteiger partial charge on any atom is -0.413 e. The molecule has 0 aliphatic carbocycles. The lowest BCUT2D eigenvalue weighted by molar-refractivity contribution is -0.156. The number of hydrogen-bond donors (Lipinski definition) is 1. The SMILES string of the molecule is O=C(NCCN1CCCC1)N(Cc1ccc(-c2nnc(C(F)(F)F)o2)cc1F)c1ccccc1. The predicted molar refractivity (Wildman–Crippen MR) is 116 cm³/mol. The van der Waals surface area contributed by atoms with Crippen LogP contribution in [0.4, 0.5) is 28.0 Å². The van der Waals surface area contributed by atoms with Gasteiger partial charge in [-0.2, -0.15) is 13.2 Å². The highest BCUT2D eigenvalue weighted by atomic mass is 19.4. The summed E-state index contributed by atoms with van der Waals surface area (Å²) >= 11 is 0. The van der Waals surface area contributed by atoms with E-state index in [2.05, 4.69) is 24.8 Å². The fraction of sp³-hybridized carbons (Fsp3) is 0.348. The van der Waals surface area contributed by atoms with Crippen molar-refractivity contribution >= 4 is 11.7 Å². The maximum atomic E-state index is 14.9. The highest BCUT2D eigenvalue weighted by molar-refractivity contribution is 5.91. The molecule has 1 fully saturated rings. The molecule has 0 unspecified atom stereocenters. The predicted octanol–water partition coefficient (Wildman–Crippen LogP) is 4.71. The fourth-order valence-corrected chi connectivity index (χ4v) is 3.74. The Morgan fingerprint density at radius 3 is 2.47 bits per heavy atom. The molecule has 3 aromatic rings. The van der Waals surface area contributed by atoms with E-state index in [0.717, 1.165) is 38.5 Å². The van der Waals surface area contributed by atoms with Crippen LogP contribution in [0.1, 0.15) is 24.3 Å². The third-order valence-corrected chi connectivity index (χ3v) is 5.51. The molecule has 180 valence electrons. The zero-order valence-corrected chi connectivity index (χ0v) is 18.2. The number of aromatic nitrogens is 2. The van der Waals surface area contributed by atoms with Gasteiger partial charge >= 0.3 is 18.1 Å². The number of carbonyl (C=O) groups is 1. The number of alkyl halides is 3. The van der Waals surface area contributed by atoms with Gasteiger partial charge in [0.1, 0.15) is 5.82 Å². The van der Waals surface area contributed by atoms with E-state index in [-0.39, 0.29) is 23.7 Å². The van der Waals surface area contributed by atoms with Gasteiger partial charge in [0.2, 0.25) is 5.89 Å². The van der Waals surface area contributed by atoms with E-state index < -0.39 is 23.8 Å². The smallest absolute Gasteiger partial charge is 0.413 e. The largest absolute Gasteiger partial charge is 0.470 e. The number of halogens is 4. The summed E-state index contributed by atoms with van der Waals surface area (Å²) in [5, 5.41) is 9.19. The van der Waals surface area contributed by atoms with Crippen LogP contribution in [0.2, 0.25) is 0 Å². The van der Waals surface area contributed by atoms with Crippen molar-refractivity contribution in [2.75, 3.05) is 31.1 Å². The first-order valence-corrected chi connectivity index (χ1v) is 10.8. The minimum absolute atomic E-state index is 0.00516. The number of nitrogens with zero attached hydrogens (tertiary/aromatic N) is 4. The van der Waals surface area contributed by atoms with Crippen molar-refractivity contribution in [3.63, 3.8) is 0 Å². The van der Waals surface area contributed by atoms with Crippen molar-refractivity contribution in [3.8, 4) is 11.5 Å². The molecular formula is C23H23F4N5O2. The van der Waals surface area contributed by atoms with Crippen molar-refractivity contribution in [2.45, 2.75) is 25.6 Å². The summed E-state index contributed by atoms with van der Waals surface area (Å²) in [6.45, 7) is 3.15. The Morgan fingerprint density at radius 2 is 1.82 bits per heavy atom. The van der Waals surface area contributed by atoms with E-state index in [4.69, 9.17) is 0 Å². The van der Waals surface area contributed by atoms with Crippen molar-refractivity contribution in [3.05, 3.63) is 65.8 Å². The van der Waals surface area contributed by atoms with Gasteiger partial charge < -0.3 is 14.6 Å². The molecule has 1 N–H and O–H groups in total. The number of hydrogen-bond acceptors (Lipinski definition) is 5. The lowest BCUT2D eigenvalue weighted by Crippen LogP contribution is -2.42. The van der Waals surface area contributed by atoms with Gasteiger partial charge in [-0.1, -0.05) is 24.3 Å². The maximum absolute atomic E-state index is 14.9. The summed E-state index contributed by atoms with van der Waals surface area (Å²) in [5.41, 5.74) is 0.764. The second-order valence-electron chi connectivity index (χ2n) is 7.92. The van der Waals surface area contributed by atoms with Crippen molar-refractivity contribution in [1.82, 2.24) is 20.4 Å². The van der Waals surface area contributed by atoms with E-state index in [1.165, 1.54) is 17.0 Å². The Labute approximate surface area is 193 Å². The third kappa shape index (κ3) is 5.71. The molecule has 2 aromatic carbocycles. The molecule has 1 aliphatic rings. The molecule has 4 rings (SSSR count). The molecular weight excluding hydrogens is 454 g/mol. The Balaban J connectivity index is 1.49. The molecule has 34 heavy (non-hydrogen) atoms. The molecule has 0 saturated carbocycles. The average molecular weight is 477 g/mol. The van der Waals surface area contributed by atoms with Crippen LogP contribution in [0.15, 0.2) is 52.9 Å². The first-order chi connectivity index (χ1) is 16.3. The summed E-state index contributed by atoms with van der Waals surface area (Å²) < 4.78 is 57.6. The Kier molecular flexibility index (Phi) is 7.11. The van der Waals surface area contributed by atoms with Gasteiger partial charge in [-0.15, -0.1) is 10.2 Å². The minimum atomic E-state index is -4.79.